The first-order valence-corrected chi connectivity index (χ1v) is 5.89. The lowest BCUT2D eigenvalue weighted by atomic mass is 10.1. The maximum Gasteiger partial charge on any atom is 0.254 e. The minimum absolute atomic E-state index is 0.108. The van der Waals surface area contributed by atoms with Crippen molar-refractivity contribution in [2.45, 2.75) is 20.3 Å². The SMILES string of the molecule is Cc1nn(C)c(C)c1CCNC(=O)c1ccoc1. The minimum atomic E-state index is -0.108. The lowest BCUT2D eigenvalue weighted by Crippen LogP contribution is -2.25. The molecule has 2 rings (SSSR count). The first kappa shape index (κ1) is 12.4. The van der Waals surface area contributed by atoms with Crippen molar-refractivity contribution in [3.63, 3.8) is 0 Å². The maximum atomic E-state index is 11.7. The molecule has 0 saturated carbocycles. The van der Waals surface area contributed by atoms with Crippen LogP contribution in [0.3, 0.4) is 0 Å². The van der Waals surface area contributed by atoms with Gasteiger partial charge in [-0.05, 0) is 31.9 Å². The van der Waals surface area contributed by atoms with Gasteiger partial charge in [0.2, 0.25) is 0 Å². The molecule has 0 aliphatic carbocycles. The molecule has 5 nitrogen and oxygen atoms in total. The number of aryl methyl sites for hydroxylation is 2. The molecule has 0 aliphatic rings. The number of furan rings is 1. The molecule has 2 heterocycles. The Labute approximate surface area is 106 Å². The fourth-order valence-electron chi connectivity index (χ4n) is 1.98. The van der Waals surface area contributed by atoms with Gasteiger partial charge in [-0.2, -0.15) is 5.10 Å². The average molecular weight is 247 g/mol. The third kappa shape index (κ3) is 2.45. The van der Waals surface area contributed by atoms with Gasteiger partial charge in [-0.3, -0.25) is 9.48 Å². The largest absolute Gasteiger partial charge is 0.472 e. The number of amides is 1. The van der Waals surface area contributed by atoms with Crippen molar-refractivity contribution in [2.75, 3.05) is 6.54 Å². The van der Waals surface area contributed by atoms with Gasteiger partial charge in [0.15, 0.2) is 0 Å². The standard InChI is InChI=1S/C13H17N3O2/c1-9-12(10(2)16(3)15-9)4-6-14-13(17)11-5-7-18-8-11/h5,7-8H,4,6H2,1-3H3,(H,14,17). The average Bonchev–Trinajstić information content (AvgIpc) is 2.93. The normalized spacial score (nSPS) is 10.6. The predicted molar refractivity (Wildman–Crippen MR) is 67.4 cm³/mol. The quantitative estimate of drug-likeness (QED) is 0.892. The van der Waals surface area contributed by atoms with Gasteiger partial charge < -0.3 is 9.73 Å². The first-order chi connectivity index (χ1) is 8.59. The molecule has 0 unspecified atom stereocenters. The Hall–Kier alpha value is -2.04. The second-order valence-corrected chi connectivity index (χ2v) is 4.29. The number of nitrogens with zero attached hydrogens (tertiary/aromatic N) is 2. The van der Waals surface area contributed by atoms with E-state index in [4.69, 9.17) is 4.42 Å². The molecule has 2 aromatic rings. The summed E-state index contributed by atoms with van der Waals surface area (Å²) in [5.41, 5.74) is 3.91. The van der Waals surface area contributed by atoms with E-state index in [2.05, 4.69) is 10.4 Å². The fraction of sp³-hybridized carbons (Fsp3) is 0.385. The van der Waals surface area contributed by atoms with Crippen LogP contribution in [0.25, 0.3) is 0 Å². The summed E-state index contributed by atoms with van der Waals surface area (Å²) in [6, 6.07) is 1.65. The topological polar surface area (TPSA) is 60.1 Å². The zero-order chi connectivity index (χ0) is 13.1. The van der Waals surface area contributed by atoms with Gasteiger partial charge >= 0.3 is 0 Å². The Morgan fingerprint density at radius 3 is 2.83 bits per heavy atom. The molecule has 5 heteroatoms. The number of rotatable bonds is 4. The minimum Gasteiger partial charge on any atom is -0.472 e. The molecule has 0 fully saturated rings. The van der Waals surface area contributed by atoms with Crippen LogP contribution in [0.15, 0.2) is 23.0 Å². The second kappa shape index (κ2) is 5.08. The van der Waals surface area contributed by atoms with Crippen LogP contribution in [0.2, 0.25) is 0 Å². The molecular weight excluding hydrogens is 230 g/mol. The van der Waals surface area contributed by atoms with E-state index in [1.807, 2.05) is 25.6 Å². The van der Waals surface area contributed by atoms with Gasteiger partial charge in [-0.25, -0.2) is 0 Å². The summed E-state index contributed by atoms with van der Waals surface area (Å²) in [5.74, 6) is -0.108. The highest BCUT2D eigenvalue weighted by molar-refractivity contribution is 5.93. The number of carbonyl (C=O) groups is 1. The van der Waals surface area contributed by atoms with E-state index in [9.17, 15) is 4.79 Å². The van der Waals surface area contributed by atoms with E-state index in [0.29, 0.717) is 12.1 Å². The van der Waals surface area contributed by atoms with E-state index in [1.165, 1.54) is 18.1 Å². The molecule has 0 bridgehead atoms. The van der Waals surface area contributed by atoms with E-state index in [1.54, 1.807) is 6.07 Å². The fourth-order valence-corrected chi connectivity index (χ4v) is 1.98. The monoisotopic (exact) mass is 247 g/mol. The Balaban J connectivity index is 1.91. The van der Waals surface area contributed by atoms with E-state index in [0.717, 1.165) is 17.8 Å². The predicted octanol–water partition coefficient (Wildman–Crippen LogP) is 1.60. The van der Waals surface area contributed by atoms with Crippen molar-refractivity contribution < 1.29 is 9.21 Å². The molecule has 18 heavy (non-hydrogen) atoms. The Bertz CT molecular complexity index is 541. The van der Waals surface area contributed by atoms with Gasteiger partial charge in [0, 0.05) is 19.3 Å². The second-order valence-electron chi connectivity index (χ2n) is 4.29. The molecule has 0 aliphatic heterocycles. The first-order valence-electron chi connectivity index (χ1n) is 5.89. The van der Waals surface area contributed by atoms with Crippen molar-refractivity contribution in [1.29, 1.82) is 0 Å². The van der Waals surface area contributed by atoms with Gasteiger partial charge in [0.1, 0.15) is 6.26 Å². The van der Waals surface area contributed by atoms with Crippen LogP contribution in [0, 0.1) is 13.8 Å². The van der Waals surface area contributed by atoms with E-state index in [-0.39, 0.29) is 5.91 Å². The number of hydrogen-bond donors (Lipinski definition) is 1. The number of nitrogens with one attached hydrogen (secondary N) is 1. The van der Waals surface area contributed by atoms with Gasteiger partial charge in [-0.15, -0.1) is 0 Å². The van der Waals surface area contributed by atoms with Gasteiger partial charge in [0.25, 0.3) is 5.91 Å². The van der Waals surface area contributed by atoms with Crippen molar-refractivity contribution in [3.05, 3.63) is 41.1 Å². The van der Waals surface area contributed by atoms with Gasteiger partial charge in [0.05, 0.1) is 17.5 Å². The summed E-state index contributed by atoms with van der Waals surface area (Å²) in [6.07, 6.45) is 3.72. The third-order valence-electron chi connectivity index (χ3n) is 3.10. The van der Waals surface area contributed by atoms with Crippen molar-refractivity contribution >= 4 is 5.91 Å². The van der Waals surface area contributed by atoms with Crippen LogP contribution < -0.4 is 5.32 Å². The molecule has 0 aromatic carbocycles. The Morgan fingerprint density at radius 1 is 1.50 bits per heavy atom. The highest BCUT2D eigenvalue weighted by Gasteiger charge is 2.10. The van der Waals surface area contributed by atoms with Crippen molar-refractivity contribution in [1.82, 2.24) is 15.1 Å². The Morgan fingerprint density at radius 2 is 2.28 bits per heavy atom. The summed E-state index contributed by atoms with van der Waals surface area (Å²) in [7, 11) is 1.93. The molecule has 0 atom stereocenters. The summed E-state index contributed by atoms with van der Waals surface area (Å²) < 4.78 is 6.73. The molecule has 96 valence electrons. The molecule has 1 N–H and O–H groups in total. The van der Waals surface area contributed by atoms with E-state index >= 15 is 0 Å². The summed E-state index contributed by atoms with van der Waals surface area (Å²) in [5, 5.41) is 7.21. The number of carbonyl (C=O) groups excluding carboxylic acids is 1. The van der Waals surface area contributed by atoms with E-state index < -0.39 is 0 Å². The molecule has 2 aromatic heterocycles. The molecule has 0 spiro atoms. The summed E-state index contributed by atoms with van der Waals surface area (Å²) >= 11 is 0. The highest BCUT2D eigenvalue weighted by atomic mass is 16.3. The highest BCUT2D eigenvalue weighted by Crippen LogP contribution is 2.11. The van der Waals surface area contributed by atoms with Crippen LogP contribution in [0.1, 0.15) is 27.3 Å². The molecule has 1 amide bonds. The third-order valence-corrected chi connectivity index (χ3v) is 3.10. The van der Waals surface area contributed by atoms with Crippen LogP contribution in [0.4, 0.5) is 0 Å². The lowest BCUT2D eigenvalue weighted by Gasteiger charge is -2.04. The Kier molecular flexibility index (Phi) is 3.50. The maximum absolute atomic E-state index is 11.7. The number of aromatic nitrogens is 2. The number of hydrogen-bond acceptors (Lipinski definition) is 3. The van der Waals surface area contributed by atoms with Gasteiger partial charge in [-0.1, -0.05) is 0 Å². The van der Waals surface area contributed by atoms with Crippen LogP contribution in [-0.2, 0) is 13.5 Å². The lowest BCUT2D eigenvalue weighted by molar-refractivity contribution is 0.0953. The van der Waals surface area contributed by atoms with Crippen LogP contribution in [0.5, 0.6) is 0 Å². The smallest absolute Gasteiger partial charge is 0.254 e. The molecule has 0 radical (unpaired) electrons. The summed E-state index contributed by atoms with van der Waals surface area (Å²) in [4.78, 5) is 11.7. The van der Waals surface area contributed by atoms with Crippen LogP contribution >= 0.6 is 0 Å². The molecule has 0 saturated heterocycles. The molecular formula is C13H17N3O2. The van der Waals surface area contributed by atoms with Crippen molar-refractivity contribution in [3.8, 4) is 0 Å². The summed E-state index contributed by atoms with van der Waals surface area (Å²) in [6.45, 7) is 4.62. The zero-order valence-corrected chi connectivity index (χ0v) is 10.9. The zero-order valence-electron chi connectivity index (χ0n) is 10.9. The van der Waals surface area contributed by atoms with Crippen molar-refractivity contribution in [2.24, 2.45) is 7.05 Å². The van der Waals surface area contributed by atoms with Crippen LogP contribution in [-0.4, -0.2) is 22.2 Å².